The maximum Gasteiger partial charge on any atom is 0.255 e. The van der Waals surface area contributed by atoms with Gasteiger partial charge in [0.05, 0.1) is 18.3 Å². The summed E-state index contributed by atoms with van der Waals surface area (Å²) < 4.78 is 26.0. The van der Waals surface area contributed by atoms with Gasteiger partial charge in [-0.25, -0.2) is 8.78 Å². The zero-order valence-electron chi connectivity index (χ0n) is 8.70. The molecule has 1 unspecified atom stereocenters. The van der Waals surface area contributed by atoms with E-state index in [-0.39, 0.29) is 18.0 Å². The van der Waals surface area contributed by atoms with Crippen LogP contribution in [0.4, 0.5) is 8.78 Å². The van der Waals surface area contributed by atoms with Crippen LogP contribution in [0, 0.1) is 5.82 Å². The quantitative estimate of drug-likeness (QED) is 0.731. The molecule has 0 N–H and O–H groups in total. The van der Waals surface area contributed by atoms with E-state index >= 15 is 0 Å². The molecule has 0 aliphatic carbocycles. The summed E-state index contributed by atoms with van der Waals surface area (Å²) in [5, 5.41) is 0. The van der Waals surface area contributed by atoms with Gasteiger partial charge in [0.1, 0.15) is 12.0 Å². The molecule has 0 bridgehead atoms. The number of amides is 1. The smallest absolute Gasteiger partial charge is 0.255 e. The van der Waals surface area contributed by atoms with Crippen LogP contribution < -0.4 is 0 Å². The molecule has 16 heavy (non-hydrogen) atoms. The molecule has 1 atom stereocenters. The summed E-state index contributed by atoms with van der Waals surface area (Å²) in [5.41, 5.74) is 0.175. The Balaban J connectivity index is 2.12. The molecule has 1 aromatic rings. The van der Waals surface area contributed by atoms with Gasteiger partial charge in [-0.05, 0) is 18.9 Å². The van der Waals surface area contributed by atoms with Crippen LogP contribution in [-0.4, -0.2) is 35.1 Å². The lowest BCUT2D eigenvalue weighted by Gasteiger charge is -2.28. The van der Waals surface area contributed by atoms with Crippen molar-refractivity contribution in [1.29, 1.82) is 0 Å². The number of hydrogen-bond acceptors (Lipinski definition) is 2. The van der Waals surface area contributed by atoms with E-state index in [2.05, 4.69) is 4.98 Å². The average molecular weight is 226 g/mol. The van der Waals surface area contributed by atoms with Crippen LogP contribution in [0.1, 0.15) is 23.2 Å². The highest BCUT2D eigenvalue weighted by Gasteiger charge is 2.24. The van der Waals surface area contributed by atoms with Crippen LogP contribution in [0.2, 0.25) is 0 Å². The van der Waals surface area contributed by atoms with E-state index in [1.807, 2.05) is 0 Å². The number of rotatable bonds is 1. The molecule has 1 aliphatic rings. The summed E-state index contributed by atoms with van der Waals surface area (Å²) in [5.74, 6) is -0.908. The van der Waals surface area contributed by atoms with Crippen LogP contribution in [0.3, 0.4) is 0 Å². The normalized spacial score (nSPS) is 20.9. The van der Waals surface area contributed by atoms with Gasteiger partial charge in [-0.15, -0.1) is 0 Å². The molecule has 1 amide bonds. The van der Waals surface area contributed by atoms with Gasteiger partial charge >= 0.3 is 0 Å². The van der Waals surface area contributed by atoms with Crippen molar-refractivity contribution in [2.75, 3.05) is 13.1 Å². The fourth-order valence-corrected chi connectivity index (χ4v) is 1.82. The number of carbonyl (C=O) groups is 1. The first-order valence-corrected chi connectivity index (χ1v) is 5.20. The minimum absolute atomic E-state index is 0.0926. The highest BCUT2D eigenvalue weighted by atomic mass is 19.1. The molecule has 86 valence electrons. The summed E-state index contributed by atoms with van der Waals surface area (Å²) in [4.78, 5) is 16.9. The predicted octanol–water partition coefficient (Wildman–Crippen LogP) is 1.79. The van der Waals surface area contributed by atoms with Crippen LogP contribution in [-0.2, 0) is 0 Å². The lowest BCUT2D eigenvalue weighted by molar-refractivity contribution is 0.0635. The number of alkyl halides is 1. The molecule has 3 nitrogen and oxygen atoms in total. The largest absolute Gasteiger partial charge is 0.336 e. The monoisotopic (exact) mass is 226 g/mol. The third-order valence-electron chi connectivity index (χ3n) is 2.60. The second-order valence-corrected chi connectivity index (χ2v) is 3.88. The molecule has 0 aromatic carbocycles. The molecule has 1 aromatic heterocycles. The Morgan fingerprint density at radius 1 is 1.50 bits per heavy atom. The standard InChI is InChI=1S/C11H12F2N2O/c12-9-2-1-3-15(7-9)11(16)8-4-10(13)6-14-5-8/h4-6,9H,1-3,7H2. The molecule has 2 heterocycles. The van der Waals surface area contributed by atoms with E-state index in [4.69, 9.17) is 0 Å². The van der Waals surface area contributed by atoms with Crippen molar-refractivity contribution < 1.29 is 13.6 Å². The molecule has 0 saturated carbocycles. The van der Waals surface area contributed by atoms with Gasteiger partial charge in [-0.2, -0.15) is 0 Å². The number of carbonyl (C=O) groups excluding carboxylic acids is 1. The summed E-state index contributed by atoms with van der Waals surface area (Å²) in [7, 11) is 0. The van der Waals surface area contributed by atoms with E-state index in [0.717, 1.165) is 12.3 Å². The van der Waals surface area contributed by atoms with Gasteiger partial charge in [-0.3, -0.25) is 9.78 Å². The summed E-state index contributed by atoms with van der Waals surface area (Å²) in [6.07, 6.45) is 2.50. The highest BCUT2D eigenvalue weighted by molar-refractivity contribution is 5.94. The first-order valence-electron chi connectivity index (χ1n) is 5.20. The molecule has 2 rings (SSSR count). The Bertz CT molecular complexity index is 397. The Morgan fingerprint density at radius 2 is 2.31 bits per heavy atom. The molecule has 1 saturated heterocycles. The molecule has 0 radical (unpaired) electrons. The van der Waals surface area contributed by atoms with E-state index < -0.39 is 12.0 Å². The first kappa shape index (κ1) is 11.0. The number of aromatic nitrogens is 1. The van der Waals surface area contributed by atoms with Crippen LogP contribution >= 0.6 is 0 Å². The van der Waals surface area contributed by atoms with Crippen molar-refractivity contribution >= 4 is 5.91 Å². The number of halogens is 2. The van der Waals surface area contributed by atoms with Crippen LogP contribution in [0.5, 0.6) is 0 Å². The van der Waals surface area contributed by atoms with Crippen molar-refractivity contribution in [3.05, 3.63) is 29.8 Å². The SMILES string of the molecule is O=C(c1cncc(F)c1)N1CCCC(F)C1. The minimum atomic E-state index is -0.973. The summed E-state index contributed by atoms with van der Waals surface area (Å²) in [6.45, 7) is 0.616. The Hall–Kier alpha value is -1.52. The average Bonchev–Trinajstić information content (AvgIpc) is 2.28. The second-order valence-electron chi connectivity index (χ2n) is 3.88. The fourth-order valence-electron chi connectivity index (χ4n) is 1.82. The Kier molecular flexibility index (Phi) is 3.12. The van der Waals surface area contributed by atoms with Crippen molar-refractivity contribution in [1.82, 2.24) is 9.88 Å². The number of nitrogens with zero attached hydrogens (tertiary/aromatic N) is 2. The molecular weight excluding hydrogens is 214 g/mol. The lowest BCUT2D eigenvalue weighted by Crippen LogP contribution is -2.40. The maximum absolute atomic E-state index is 13.1. The minimum Gasteiger partial charge on any atom is -0.336 e. The summed E-state index contributed by atoms with van der Waals surface area (Å²) >= 11 is 0. The summed E-state index contributed by atoms with van der Waals surface area (Å²) in [6, 6.07) is 1.12. The number of hydrogen-bond donors (Lipinski definition) is 0. The second kappa shape index (κ2) is 4.55. The van der Waals surface area contributed by atoms with E-state index in [9.17, 15) is 13.6 Å². The van der Waals surface area contributed by atoms with Crippen molar-refractivity contribution in [2.24, 2.45) is 0 Å². The maximum atomic E-state index is 13.1. The zero-order valence-corrected chi connectivity index (χ0v) is 8.70. The number of likely N-dealkylation sites (tertiary alicyclic amines) is 1. The predicted molar refractivity (Wildman–Crippen MR) is 54.2 cm³/mol. The molecule has 1 fully saturated rings. The topological polar surface area (TPSA) is 33.2 Å². The molecule has 1 aliphatic heterocycles. The number of pyridine rings is 1. The van der Waals surface area contributed by atoms with Crippen molar-refractivity contribution in [3.63, 3.8) is 0 Å². The van der Waals surface area contributed by atoms with Crippen molar-refractivity contribution in [3.8, 4) is 0 Å². The van der Waals surface area contributed by atoms with Crippen molar-refractivity contribution in [2.45, 2.75) is 19.0 Å². The molecule has 5 heteroatoms. The van der Waals surface area contributed by atoms with Gasteiger partial charge in [0.15, 0.2) is 0 Å². The third-order valence-corrected chi connectivity index (χ3v) is 2.60. The van der Waals surface area contributed by atoms with Gasteiger partial charge < -0.3 is 4.90 Å². The van der Waals surface area contributed by atoms with Crippen LogP contribution in [0.15, 0.2) is 18.5 Å². The Morgan fingerprint density at radius 3 is 3.00 bits per heavy atom. The van der Waals surface area contributed by atoms with E-state index in [1.165, 1.54) is 11.1 Å². The van der Waals surface area contributed by atoms with Gasteiger partial charge in [0, 0.05) is 12.7 Å². The van der Waals surface area contributed by atoms with E-state index in [0.29, 0.717) is 19.4 Å². The Labute approximate surface area is 92.1 Å². The van der Waals surface area contributed by atoms with Gasteiger partial charge in [-0.1, -0.05) is 0 Å². The molecular formula is C11H12F2N2O. The number of piperidine rings is 1. The van der Waals surface area contributed by atoms with Crippen LogP contribution in [0.25, 0.3) is 0 Å². The first-order chi connectivity index (χ1) is 7.66. The van der Waals surface area contributed by atoms with Gasteiger partial charge in [0.25, 0.3) is 5.91 Å². The van der Waals surface area contributed by atoms with E-state index in [1.54, 1.807) is 0 Å². The van der Waals surface area contributed by atoms with Gasteiger partial charge in [0.2, 0.25) is 0 Å². The zero-order chi connectivity index (χ0) is 11.5. The molecule has 0 spiro atoms. The third kappa shape index (κ3) is 2.35. The highest BCUT2D eigenvalue weighted by Crippen LogP contribution is 2.15. The lowest BCUT2D eigenvalue weighted by atomic mass is 10.1. The fraction of sp³-hybridized carbons (Fsp3) is 0.455.